The summed E-state index contributed by atoms with van der Waals surface area (Å²) >= 11 is 0. The molecule has 1 aromatic rings. The summed E-state index contributed by atoms with van der Waals surface area (Å²) in [7, 11) is 2.14. The third-order valence-corrected chi connectivity index (χ3v) is 3.37. The molecule has 1 saturated heterocycles. The van der Waals surface area contributed by atoms with Crippen molar-refractivity contribution < 1.29 is 0 Å². The highest BCUT2D eigenvalue weighted by Crippen LogP contribution is 2.07. The minimum Gasteiger partial charge on any atom is -0.329 e. The van der Waals surface area contributed by atoms with Gasteiger partial charge in [-0.05, 0) is 33.0 Å². The fourth-order valence-corrected chi connectivity index (χ4v) is 2.33. The Hall–Kier alpha value is -0.980. The fourth-order valence-electron chi connectivity index (χ4n) is 2.33. The molecule has 1 aliphatic heterocycles. The van der Waals surface area contributed by atoms with E-state index in [4.69, 9.17) is 5.73 Å². The van der Waals surface area contributed by atoms with Gasteiger partial charge in [0.2, 0.25) is 0 Å². The molecule has 18 heavy (non-hydrogen) atoms. The molecular formula is C12H24N6. The SMILES string of the molecule is CN(CCN1CCCC1)Cc1cn(CCN)nn1. The van der Waals surface area contributed by atoms with E-state index in [1.165, 1.54) is 25.9 Å². The molecule has 2 rings (SSSR count). The van der Waals surface area contributed by atoms with Crippen LogP contribution in [0.2, 0.25) is 0 Å². The molecule has 1 fully saturated rings. The lowest BCUT2D eigenvalue weighted by molar-refractivity contribution is 0.250. The van der Waals surface area contributed by atoms with Gasteiger partial charge in [0.25, 0.3) is 0 Å². The third-order valence-electron chi connectivity index (χ3n) is 3.37. The van der Waals surface area contributed by atoms with Gasteiger partial charge < -0.3 is 10.6 Å². The average molecular weight is 252 g/mol. The monoisotopic (exact) mass is 252 g/mol. The van der Waals surface area contributed by atoms with Gasteiger partial charge in [-0.2, -0.15) is 0 Å². The molecule has 0 saturated carbocycles. The smallest absolute Gasteiger partial charge is 0.0967 e. The Labute approximate surface area is 109 Å². The molecule has 0 atom stereocenters. The maximum atomic E-state index is 5.48. The minimum atomic E-state index is 0.605. The highest BCUT2D eigenvalue weighted by atomic mass is 15.4. The van der Waals surface area contributed by atoms with Gasteiger partial charge in [-0.15, -0.1) is 5.10 Å². The summed E-state index contributed by atoms with van der Waals surface area (Å²) in [5, 5.41) is 8.20. The molecule has 0 aromatic carbocycles. The predicted molar refractivity (Wildman–Crippen MR) is 71.1 cm³/mol. The van der Waals surface area contributed by atoms with E-state index in [9.17, 15) is 0 Å². The van der Waals surface area contributed by atoms with Crippen molar-refractivity contribution in [3.05, 3.63) is 11.9 Å². The fraction of sp³-hybridized carbons (Fsp3) is 0.833. The molecule has 0 bridgehead atoms. The average Bonchev–Trinajstić information content (AvgIpc) is 2.99. The second-order valence-corrected chi connectivity index (χ2v) is 5.05. The van der Waals surface area contributed by atoms with Crippen LogP contribution in [0.4, 0.5) is 0 Å². The molecule has 2 heterocycles. The van der Waals surface area contributed by atoms with Gasteiger partial charge in [0.05, 0.1) is 12.2 Å². The van der Waals surface area contributed by atoms with Crippen molar-refractivity contribution in [2.24, 2.45) is 5.73 Å². The summed E-state index contributed by atoms with van der Waals surface area (Å²) in [6.07, 6.45) is 4.70. The zero-order valence-corrected chi connectivity index (χ0v) is 11.3. The van der Waals surface area contributed by atoms with Crippen molar-refractivity contribution in [3.63, 3.8) is 0 Å². The molecule has 0 unspecified atom stereocenters. The second kappa shape index (κ2) is 6.82. The maximum Gasteiger partial charge on any atom is 0.0967 e. The number of hydrogen-bond donors (Lipinski definition) is 1. The van der Waals surface area contributed by atoms with Crippen LogP contribution >= 0.6 is 0 Å². The standard InChI is InChI=1S/C12H24N6/c1-16(8-9-17-5-2-3-6-17)10-12-11-18(7-4-13)15-14-12/h11H,2-10,13H2,1H3. The van der Waals surface area contributed by atoms with Gasteiger partial charge in [0.1, 0.15) is 0 Å². The van der Waals surface area contributed by atoms with E-state index in [-0.39, 0.29) is 0 Å². The van der Waals surface area contributed by atoms with Crippen LogP contribution in [0.25, 0.3) is 0 Å². The quantitative estimate of drug-likeness (QED) is 0.726. The second-order valence-electron chi connectivity index (χ2n) is 5.05. The summed E-state index contributed by atoms with van der Waals surface area (Å²) in [6, 6.07) is 0. The topological polar surface area (TPSA) is 63.2 Å². The highest BCUT2D eigenvalue weighted by Gasteiger charge is 2.12. The largest absolute Gasteiger partial charge is 0.329 e. The molecule has 0 amide bonds. The molecule has 0 aliphatic carbocycles. The van der Waals surface area contributed by atoms with E-state index in [1.54, 1.807) is 0 Å². The minimum absolute atomic E-state index is 0.605. The van der Waals surface area contributed by atoms with Crippen molar-refractivity contribution in [2.75, 3.05) is 39.8 Å². The number of likely N-dealkylation sites (tertiary alicyclic amines) is 1. The van der Waals surface area contributed by atoms with Crippen LogP contribution in [0, 0.1) is 0 Å². The van der Waals surface area contributed by atoms with Crippen LogP contribution in [0.3, 0.4) is 0 Å². The Morgan fingerprint density at radius 1 is 1.33 bits per heavy atom. The van der Waals surface area contributed by atoms with E-state index in [0.717, 1.165) is 31.9 Å². The van der Waals surface area contributed by atoms with Crippen molar-refractivity contribution in [3.8, 4) is 0 Å². The Kier molecular flexibility index (Phi) is 5.10. The Morgan fingerprint density at radius 3 is 2.83 bits per heavy atom. The normalized spacial score (nSPS) is 16.8. The van der Waals surface area contributed by atoms with Crippen LogP contribution < -0.4 is 5.73 Å². The summed E-state index contributed by atoms with van der Waals surface area (Å²) in [5.74, 6) is 0. The van der Waals surface area contributed by atoms with E-state index < -0.39 is 0 Å². The number of likely N-dealkylation sites (N-methyl/N-ethyl adjacent to an activating group) is 1. The number of nitrogens with two attached hydrogens (primary N) is 1. The zero-order chi connectivity index (χ0) is 12.8. The van der Waals surface area contributed by atoms with E-state index >= 15 is 0 Å². The van der Waals surface area contributed by atoms with Gasteiger partial charge >= 0.3 is 0 Å². The number of aromatic nitrogens is 3. The van der Waals surface area contributed by atoms with E-state index in [0.29, 0.717) is 6.54 Å². The van der Waals surface area contributed by atoms with Crippen molar-refractivity contribution in [1.29, 1.82) is 0 Å². The Bertz CT molecular complexity index is 344. The van der Waals surface area contributed by atoms with E-state index in [1.807, 2.05) is 10.9 Å². The van der Waals surface area contributed by atoms with Gasteiger partial charge in [-0.3, -0.25) is 9.58 Å². The van der Waals surface area contributed by atoms with Gasteiger partial charge in [-0.1, -0.05) is 5.21 Å². The van der Waals surface area contributed by atoms with Crippen LogP contribution in [0.5, 0.6) is 0 Å². The van der Waals surface area contributed by atoms with Gasteiger partial charge in [0, 0.05) is 32.4 Å². The van der Waals surface area contributed by atoms with Crippen molar-refractivity contribution in [1.82, 2.24) is 24.8 Å². The first-order valence-electron chi connectivity index (χ1n) is 6.78. The molecule has 2 N–H and O–H groups in total. The summed E-state index contributed by atoms with van der Waals surface area (Å²) < 4.78 is 1.81. The van der Waals surface area contributed by atoms with Crippen molar-refractivity contribution in [2.45, 2.75) is 25.9 Å². The lowest BCUT2D eigenvalue weighted by Crippen LogP contribution is -2.31. The molecule has 1 aliphatic rings. The van der Waals surface area contributed by atoms with Gasteiger partial charge in [-0.25, -0.2) is 0 Å². The highest BCUT2D eigenvalue weighted by molar-refractivity contribution is 4.91. The predicted octanol–water partition coefficient (Wildman–Crippen LogP) is -0.236. The first kappa shape index (κ1) is 13.5. The lowest BCUT2D eigenvalue weighted by atomic mass is 10.4. The Morgan fingerprint density at radius 2 is 2.11 bits per heavy atom. The van der Waals surface area contributed by atoms with Gasteiger partial charge in [0.15, 0.2) is 0 Å². The number of nitrogens with zero attached hydrogens (tertiary/aromatic N) is 5. The Balaban J connectivity index is 1.70. The maximum absolute atomic E-state index is 5.48. The number of rotatable bonds is 7. The molecule has 6 nitrogen and oxygen atoms in total. The molecule has 0 radical (unpaired) electrons. The van der Waals surface area contributed by atoms with Crippen LogP contribution in [-0.2, 0) is 13.1 Å². The molecule has 0 spiro atoms. The van der Waals surface area contributed by atoms with Crippen molar-refractivity contribution >= 4 is 0 Å². The van der Waals surface area contributed by atoms with Crippen LogP contribution in [0.1, 0.15) is 18.5 Å². The number of hydrogen-bond acceptors (Lipinski definition) is 5. The lowest BCUT2D eigenvalue weighted by Gasteiger charge is -2.20. The first-order valence-corrected chi connectivity index (χ1v) is 6.78. The summed E-state index contributed by atoms with van der Waals surface area (Å²) in [4.78, 5) is 4.83. The molecule has 6 heteroatoms. The third kappa shape index (κ3) is 4.04. The summed E-state index contributed by atoms with van der Waals surface area (Å²) in [5.41, 5.74) is 6.50. The first-order chi connectivity index (χ1) is 8.78. The van der Waals surface area contributed by atoms with Crippen LogP contribution in [-0.4, -0.2) is 64.6 Å². The molecular weight excluding hydrogens is 228 g/mol. The summed E-state index contributed by atoms with van der Waals surface area (Å²) in [6.45, 7) is 6.98. The molecule has 1 aromatic heterocycles. The zero-order valence-electron chi connectivity index (χ0n) is 11.3. The van der Waals surface area contributed by atoms with Crippen LogP contribution in [0.15, 0.2) is 6.20 Å². The van der Waals surface area contributed by atoms with E-state index in [2.05, 4.69) is 27.2 Å². The molecule has 102 valence electrons.